The summed E-state index contributed by atoms with van der Waals surface area (Å²) in [4.78, 5) is 11.0. The summed E-state index contributed by atoms with van der Waals surface area (Å²) in [5, 5.41) is 39.1. The van der Waals surface area contributed by atoms with Gasteiger partial charge >= 0.3 is 0 Å². The Morgan fingerprint density at radius 3 is 2.62 bits per heavy atom. The minimum atomic E-state index is -0.579. The molecular formula is C21H36O5. The van der Waals surface area contributed by atoms with Gasteiger partial charge in [-0.2, -0.15) is 0 Å². The zero-order valence-electron chi connectivity index (χ0n) is 16.0. The SMILES string of the molecule is CCCCCC(O)/C=C/[C@H]1C(O)CC(O)[C@@H]1C/C=C\CCCC(=O)CO. The van der Waals surface area contributed by atoms with E-state index in [0.29, 0.717) is 25.7 Å². The van der Waals surface area contributed by atoms with Crippen LogP contribution in [0.25, 0.3) is 0 Å². The Balaban J connectivity index is 2.44. The van der Waals surface area contributed by atoms with Crippen molar-refractivity contribution < 1.29 is 25.2 Å². The number of hydrogen-bond donors (Lipinski definition) is 4. The predicted octanol–water partition coefficient (Wildman–Crippen LogP) is 2.52. The Hall–Kier alpha value is -1.01. The predicted molar refractivity (Wildman–Crippen MR) is 103 cm³/mol. The number of carbonyl (C=O) groups excluding carboxylic acids is 1. The fourth-order valence-corrected chi connectivity index (χ4v) is 3.53. The minimum Gasteiger partial charge on any atom is -0.393 e. The minimum absolute atomic E-state index is 0.0561. The van der Waals surface area contributed by atoms with Crippen LogP contribution < -0.4 is 0 Å². The van der Waals surface area contributed by atoms with Crippen molar-refractivity contribution in [3.8, 4) is 0 Å². The van der Waals surface area contributed by atoms with Crippen LogP contribution in [0.2, 0.25) is 0 Å². The zero-order chi connectivity index (χ0) is 19.4. The summed E-state index contributed by atoms with van der Waals surface area (Å²) in [5.41, 5.74) is 0. The standard InChI is InChI=1S/C21H36O5/c1-2-3-6-9-16(23)12-13-19-18(20(25)14-21(19)26)11-8-5-4-7-10-17(24)15-22/h5,8,12-13,16,18-23,25-26H,2-4,6-7,9-11,14-15H2,1H3/b8-5-,13-12+/t16?,18-,19-,20?,21?/m1/s1. The van der Waals surface area contributed by atoms with Gasteiger partial charge in [-0.3, -0.25) is 4.79 Å². The maximum atomic E-state index is 11.0. The maximum Gasteiger partial charge on any atom is 0.158 e. The van der Waals surface area contributed by atoms with Crippen LogP contribution in [0, 0.1) is 11.8 Å². The first-order chi connectivity index (χ1) is 12.5. The Bertz CT molecular complexity index is 446. The second-order valence-corrected chi connectivity index (χ2v) is 7.36. The molecule has 0 spiro atoms. The van der Waals surface area contributed by atoms with Crippen molar-refractivity contribution >= 4 is 5.78 Å². The Morgan fingerprint density at radius 1 is 1.15 bits per heavy atom. The molecule has 0 aromatic heterocycles. The largest absolute Gasteiger partial charge is 0.393 e. The molecule has 3 unspecified atom stereocenters. The van der Waals surface area contributed by atoms with Crippen molar-refractivity contribution in [2.45, 2.75) is 83.0 Å². The topological polar surface area (TPSA) is 98.0 Å². The third-order valence-electron chi connectivity index (χ3n) is 5.15. The summed E-state index contributed by atoms with van der Waals surface area (Å²) >= 11 is 0. The summed E-state index contributed by atoms with van der Waals surface area (Å²) in [7, 11) is 0. The highest BCUT2D eigenvalue weighted by Crippen LogP contribution is 2.36. The summed E-state index contributed by atoms with van der Waals surface area (Å²) in [5.74, 6) is -0.346. The van der Waals surface area contributed by atoms with Crippen LogP contribution in [0.15, 0.2) is 24.3 Å². The third-order valence-corrected chi connectivity index (χ3v) is 5.15. The fraction of sp³-hybridized carbons (Fsp3) is 0.762. The maximum absolute atomic E-state index is 11.0. The number of aliphatic hydroxyl groups is 4. The van der Waals surface area contributed by atoms with E-state index in [1.54, 1.807) is 6.08 Å². The smallest absolute Gasteiger partial charge is 0.158 e. The lowest BCUT2D eigenvalue weighted by molar-refractivity contribution is -0.121. The van der Waals surface area contributed by atoms with Gasteiger partial charge in [0.05, 0.1) is 18.3 Å². The van der Waals surface area contributed by atoms with Crippen molar-refractivity contribution in [1.29, 1.82) is 0 Å². The summed E-state index contributed by atoms with van der Waals surface area (Å²) < 4.78 is 0. The van der Waals surface area contributed by atoms with Crippen molar-refractivity contribution in [2.75, 3.05) is 6.61 Å². The van der Waals surface area contributed by atoms with Crippen molar-refractivity contribution in [1.82, 2.24) is 0 Å². The van der Waals surface area contributed by atoms with Crippen molar-refractivity contribution in [2.24, 2.45) is 11.8 Å². The van der Waals surface area contributed by atoms with E-state index in [-0.39, 0.29) is 17.6 Å². The third kappa shape index (κ3) is 8.58. The first-order valence-electron chi connectivity index (χ1n) is 9.99. The molecule has 0 saturated heterocycles. The quantitative estimate of drug-likeness (QED) is 0.296. The monoisotopic (exact) mass is 368 g/mol. The molecule has 0 bridgehead atoms. The highest BCUT2D eigenvalue weighted by molar-refractivity contribution is 5.79. The van der Waals surface area contributed by atoms with E-state index in [0.717, 1.165) is 32.1 Å². The molecule has 1 aliphatic rings. The van der Waals surface area contributed by atoms with E-state index in [4.69, 9.17) is 5.11 Å². The molecule has 1 fully saturated rings. The average molecular weight is 369 g/mol. The van der Waals surface area contributed by atoms with E-state index in [2.05, 4.69) is 6.92 Å². The molecular weight excluding hydrogens is 332 g/mol. The Kier molecular flexibility index (Phi) is 11.7. The Morgan fingerprint density at radius 2 is 1.92 bits per heavy atom. The van der Waals surface area contributed by atoms with Gasteiger partial charge in [-0.05, 0) is 31.6 Å². The van der Waals surface area contributed by atoms with Gasteiger partial charge in [0, 0.05) is 18.8 Å². The summed E-state index contributed by atoms with van der Waals surface area (Å²) in [6, 6.07) is 0. The number of unbranched alkanes of at least 4 members (excludes halogenated alkanes) is 3. The van der Waals surface area contributed by atoms with Crippen LogP contribution in [-0.4, -0.2) is 51.1 Å². The van der Waals surface area contributed by atoms with Gasteiger partial charge in [0.2, 0.25) is 0 Å². The molecule has 5 atom stereocenters. The molecule has 0 aliphatic heterocycles. The fourth-order valence-electron chi connectivity index (χ4n) is 3.53. The molecule has 150 valence electrons. The lowest BCUT2D eigenvalue weighted by atomic mass is 9.89. The van der Waals surface area contributed by atoms with Crippen LogP contribution >= 0.6 is 0 Å². The van der Waals surface area contributed by atoms with E-state index in [1.807, 2.05) is 18.2 Å². The molecule has 1 saturated carbocycles. The average Bonchev–Trinajstić information content (AvgIpc) is 2.89. The first kappa shape index (κ1) is 23.0. The molecule has 4 N–H and O–H groups in total. The first-order valence-corrected chi connectivity index (χ1v) is 9.99. The second-order valence-electron chi connectivity index (χ2n) is 7.36. The van der Waals surface area contributed by atoms with Crippen LogP contribution in [0.3, 0.4) is 0 Å². The van der Waals surface area contributed by atoms with Gasteiger partial charge in [0.1, 0.15) is 6.61 Å². The number of hydrogen-bond acceptors (Lipinski definition) is 5. The zero-order valence-corrected chi connectivity index (χ0v) is 16.0. The number of ketones is 1. The van der Waals surface area contributed by atoms with E-state index >= 15 is 0 Å². The highest BCUT2D eigenvalue weighted by atomic mass is 16.3. The Labute approximate surface area is 157 Å². The number of aliphatic hydroxyl groups excluding tert-OH is 4. The van der Waals surface area contributed by atoms with Gasteiger partial charge in [-0.25, -0.2) is 0 Å². The lowest BCUT2D eigenvalue weighted by Gasteiger charge is -2.19. The van der Waals surface area contributed by atoms with Gasteiger partial charge in [0.25, 0.3) is 0 Å². The van der Waals surface area contributed by atoms with Gasteiger partial charge < -0.3 is 20.4 Å². The molecule has 0 aromatic rings. The number of carbonyl (C=O) groups is 1. The molecule has 5 nitrogen and oxygen atoms in total. The van der Waals surface area contributed by atoms with Crippen molar-refractivity contribution in [3.63, 3.8) is 0 Å². The molecule has 0 aromatic carbocycles. The van der Waals surface area contributed by atoms with Crippen LogP contribution in [0.4, 0.5) is 0 Å². The van der Waals surface area contributed by atoms with Crippen LogP contribution in [-0.2, 0) is 4.79 Å². The lowest BCUT2D eigenvalue weighted by Crippen LogP contribution is -2.20. The molecule has 1 rings (SSSR count). The molecule has 5 heteroatoms. The summed E-state index contributed by atoms with van der Waals surface area (Å²) in [6.45, 7) is 1.73. The van der Waals surface area contributed by atoms with Crippen molar-refractivity contribution in [3.05, 3.63) is 24.3 Å². The highest BCUT2D eigenvalue weighted by Gasteiger charge is 2.39. The van der Waals surface area contributed by atoms with Gasteiger partial charge in [-0.15, -0.1) is 0 Å². The molecule has 0 radical (unpaired) electrons. The molecule has 0 heterocycles. The second kappa shape index (κ2) is 13.2. The number of rotatable bonds is 13. The molecule has 1 aliphatic carbocycles. The van der Waals surface area contributed by atoms with Gasteiger partial charge in [-0.1, -0.05) is 50.5 Å². The summed E-state index contributed by atoms with van der Waals surface area (Å²) in [6.07, 6.45) is 12.8. The van der Waals surface area contributed by atoms with E-state index in [9.17, 15) is 20.1 Å². The molecule has 26 heavy (non-hydrogen) atoms. The van der Waals surface area contributed by atoms with Gasteiger partial charge in [0.15, 0.2) is 5.78 Å². The van der Waals surface area contributed by atoms with E-state index in [1.165, 1.54) is 0 Å². The number of Topliss-reactive ketones (excluding diaryl/α,β-unsaturated/α-hetero) is 1. The van der Waals surface area contributed by atoms with E-state index < -0.39 is 24.9 Å². The van der Waals surface area contributed by atoms with Crippen LogP contribution in [0.5, 0.6) is 0 Å². The normalized spacial score (nSPS) is 27.6. The van der Waals surface area contributed by atoms with Crippen LogP contribution in [0.1, 0.15) is 64.7 Å². The number of allylic oxidation sites excluding steroid dienone is 2. The molecule has 0 amide bonds.